The molecule has 0 fully saturated rings. The third kappa shape index (κ3) is 3.33. The molecule has 0 radical (unpaired) electrons. The van der Waals surface area contributed by atoms with Crippen LogP contribution in [0.3, 0.4) is 0 Å². The number of methoxy groups -OCH3 is 1. The van der Waals surface area contributed by atoms with E-state index in [0.717, 1.165) is 30.2 Å². The van der Waals surface area contributed by atoms with Crippen LogP contribution in [0.4, 0.5) is 0 Å². The number of nitrogens with zero attached hydrogens (tertiary/aromatic N) is 2. The molecule has 0 bridgehead atoms. The molecule has 2 rings (SSSR count). The number of imidazole rings is 1. The standard InChI is InChI=1S/C13H19N3O2S/c1-9-8-16-11(10(2)15-13(16)19-9)7-14-6-4-5-12(17)18-3/h8,14H,4-7H2,1-3H3. The van der Waals surface area contributed by atoms with Gasteiger partial charge in [-0.3, -0.25) is 9.20 Å². The molecule has 0 aromatic carbocycles. The minimum atomic E-state index is -0.154. The average molecular weight is 281 g/mol. The molecular formula is C13H19N3O2S. The van der Waals surface area contributed by atoms with E-state index in [4.69, 9.17) is 0 Å². The van der Waals surface area contributed by atoms with E-state index < -0.39 is 0 Å². The third-order valence-electron chi connectivity index (χ3n) is 3.00. The fraction of sp³-hybridized carbons (Fsp3) is 0.538. The number of hydrogen-bond acceptors (Lipinski definition) is 5. The second-order valence-electron chi connectivity index (χ2n) is 4.49. The lowest BCUT2D eigenvalue weighted by Crippen LogP contribution is -2.17. The Hall–Kier alpha value is -1.40. The number of nitrogens with one attached hydrogen (secondary N) is 1. The summed E-state index contributed by atoms with van der Waals surface area (Å²) >= 11 is 1.70. The molecule has 0 amide bonds. The SMILES string of the molecule is COC(=O)CCCNCc1c(C)nc2sc(C)cn12. The van der Waals surface area contributed by atoms with Gasteiger partial charge in [0, 0.05) is 24.0 Å². The van der Waals surface area contributed by atoms with Crippen molar-refractivity contribution < 1.29 is 9.53 Å². The molecule has 19 heavy (non-hydrogen) atoms. The van der Waals surface area contributed by atoms with Crippen LogP contribution in [-0.4, -0.2) is 29.0 Å². The van der Waals surface area contributed by atoms with Crippen LogP contribution in [0, 0.1) is 13.8 Å². The van der Waals surface area contributed by atoms with Crippen LogP contribution in [0.2, 0.25) is 0 Å². The summed E-state index contributed by atoms with van der Waals surface area (Å²) in [6.07, 6.45) is 3.36. The summed E-state index contributed by atoms with van der Waals surface area (Å²) in [5.74, 6) is -0.154. The van der Waals surface area contributed by atoms with Gasteiger partial charge in [0.15, 0.2) is 4.96 Å². The fourth-order valence-corrected chi connectivity index (χ4v) is 2.88. The summed E-state index contributed by atoms with van der Waals surface area (Å²) in [6, 6.07) is 0. The molecule has 6 heteroatoms. The molecule has 2 heterocycles. The van der Waals surface area contributed by atoms with Crippen molar-refractivity contribution in [1.82, 2.24) is 14.7 Å². The predicted molar refractivity (Wildman–Crippen MR) is 75.5 cm³/mol. The lowest BCUT2D eigenvalue weighted by Gasteiger charge is -2.04. The first-order chi connectivity index (χ1) is 9.11. The van der Waals surface area contributed by atoms with E-state index in [1.807, 2.05) is 6.92 Å². The minimum absolute atomic E-state index is 0.154. The maximum absolute atomic E-state index is 11.0. The molecule has 0 spiro atoms. The van der Waals surface area contributed by atoms with Crippen LogP contribution in [-0.2, 0) is 16.1 Å². The number of hydrogen-bond donors (Lipinski definition) is 1. The molecule has 5 nitrogen and oxygen atoms in total. The Kier molecular flexibility index (Phi) is 4.55. The fourth-order valence-electron chi connectivity index (χ4n) is 1.99. The molecule has 0 aliphatic heterocycles. The highest BCUT2D eigenvalue weighted by atomic mass is 32.1. The summed E-state index contributed by atoms with van der Waals surface area (Å²) < 4.78 is 6.74. The van der Waals surface area contributed by atoms with Gasteiger partial charge in [0.1, 0.15) is 0 Å². The Morgan fingerprint density at radius 1 is 1.53 bits per heavy atom. The molecule has 104 valence electrons. The van der Waals surface area contributed by atoms with Gasteiger partial charge < -0.3 is 10.1 Å². The number of thiazole rings is 1. The lowest BCUT2D eigenvalue weighted by molar-refractivity contribution is -0.140. The quantitative estimate of drug-likeness (QED) is 0.650. The van der Waals surface area contributed by atoms with Crippen LogP contribution in [0.25, 0.3) is 4.96 Å². The van der Waals surface area contributed by atoms with E-state index in [0.29, 0.717) is 6.42 Å². The zero-order valence-corrected chi connectivity index (χ0v) is 12.3. The third-order valence-corrected chi connectivity index (χ3v) is 3.89. The van der Waals surface area contributed by atoms with Crippen LogP contribution in [0.5, 0.6) is 0 Å². The summed E-state index contributed by atoms with van der Waals surface area (Å²) in [5.41, 5.74) is 2.25. The Bertz CT molecular complexity index is 574. The zero-order valence-electron chi connectivity index (χ0n) is 11.5. The van der Waals surface area contributed by atoms with Crippen molar-refractivity contribution in [3.05, 3.63) is 22.5 Å². The first-order valence-electron chi connectivity index (χ1n) is 6.33. The van der Waals surface area contributed by atoms with Crippen molar-refractivity contribution in [3.63, 3.8) is 0 Å². The molecule has 0 aliphatic carbocycles. The van der Waals surface area contributed by atoms with E-state index >= 15 is 0 Å². The normalized spacial score (nSPS) is 11.1. The molecule has 0 aliphatic rings. The zero-order chi connectivity index (χ0) is 13.8. The number of ether oxygens (including phenoxy) is 1. The highest BCUT2D eigenvalue weighted by Crippen LogP contribution is 2.20. The van der Waals surface area contributed by atoms with E-state index in [1.54, 1.807) is 11.3 Å². The van der Waals surface area contributed by atoms with Gasteiger partial charge in [-0.1, -0.05) is 0 Å². The van der Waals surface area contributed by atoms with Gasteiger partial charge in [-0.15, -0.1) is 11.3 Å². The smallest absolute Gasteiger partial charge is 0.305 e. The second-order valence-corrected chi connectivity index (χ2v) is 5.71. The van der Waals surface area contributed by atoms with Crippen molar-refractivity contribution in [2.75, 3.05) is 13.7 Å². The van der Waals surface area contributed by atoms with Gasteiger partial charge in [0.05, 0.1) is 18.5 Å². The molecule has 0 unspecified atom stereocenters. The summed E-state index contributed by atoms with van der Waals surface area (Å²) in [6.45, 7) is 5.68. The Labute approximate surface area is 116 Å². The van der Waals surface area contributed by atoms with E-state index in [2.05, 4.69) is 32.6 Å². The van der Waals surface area contributed by atoms with Gasteiger partial charge >= 0.3 is 5.97 Å². The average Bonchev–Trinajstić information content (AvgIpc) is 2.85. The van der Waals surface area contributed by atoms with Crippen LogP contribution in [0.1, 0.15) is 29.1 Å². The Balaban J connectivity index is 1.87. The molecule has 0 saturated heterocycles. The number of rotatable bonds is 6. The summed E-state index contributed by atoms with van der Waals surface area (Å²) in [7, 11) is 1.42. The lowest BCUT2D eigenvalue weighted by atomic mass is 10.3. The monoisotopic (exact) mass is 281 g/mol. The van der Waals surface area contributed by atoms with Gasteiger partial charge in [0.2, 0.25) is 0 Å². The van der Waals surface area contributed by atoms with Gasteiger partial charge in [0.25, 0.3) is 0 Å². The number of aromatic nitrogens is 2. The van der Waals surface area contributed by atoms with Crippen molar-refractivity contribution in [2.45, 2.75) is 33.2 Å². The largest absolute Gasteiger partial charge is 0.469 e. The first-order valence-corrected chi connectivity index (χ1v) is 7.15. The van der Waals surface area contributed by atoms with E-state index in [1.165, 1.54) is 17.7 Å². The Morgan fingerprint density at radius 3 is 3.05 bits per heavy atom. The number of aryl methyl sites for hydroxylation is 2. The number of carbonyl (C=O) groups excluding carboxylic acids is 1. The maximum Gasteiger partial charge on any atom is 0.305 e. The van der Waals surface area contributed by atoms with Crippen molar-refractivity contribution in [3.8, 4) is 0 Å². The molecule has 2 aromatic heterocycles. The second kappa shape index (κ2) is 6.16. The van der Waals surface area contributed by atoms with Crippen molar-refractivity contribution in [2.24, 2.45) is 0 Å². The maximum atomic E-state index is 11.0. The number of esters is 1. The molecule has 2 aromatic rings. The minimum Gasteiger partial charge on any atom is -0.469 e. The van der Waals surface area contributed by atoms with Crippen LogP contribution >= 0.6 is 11.3 Å². The highest BCUT2D eigenvalue weighted by molar-refractivity contribution is 7.17. The highest BCUT2D eigenvalue weighted by Gasteiger charge is 2.10. The van der Waals surface area contributed by atoms with E-state index in [9.17, 15) is 4.79 Å². The molecule has 1 N–H and O–H groups in total. The topological polar surface area (TPSA) is 55.6 Å². The van der Waals surface area contributed by atoms with Gasteiger partial charge in [-0.05, 0) is 26.8 Å². The van der Waals surface area contributed by atoms with Gasteiger partial charge in [-0.25, -0.2) is 4.98 Å². The summed E-state index contributed by atoms with van der Waals surface area (Å²) in [4.78, 5) is 17.8. The first kappa shape index (κ1) is 14.0. The number of fused-ring (bicyclic) bond motifs is 1. The van der Waals surface area contributed by atoms with Gasteiger partial charge in [-0.2, -0.15) is 0 Å². The molecule has 0 saturated carbocycles. The summed E-state index contributed by atoms with van der Waals surface area (Å²) in [5, 5.41) is 3.35. The number of carbonyl (C=O) groups is 1. The van der Waals surface area contributed by atoms with Crippen LogP contribution < -0.4 is 5.32 Å². The van der Waals surface area contributed by atoms with Crippen molar-refractivity contribution >= 4 is 22.3 Å². The van der Waals surface area contributed by atoms with Crippen molar-refractivity contribution in [1.29, 1.82) is 0 Å². The Morgan fingerprint density at radius 2 is 2.32 bits per heavy atom. The predicted octanol–water partition coefficient (Wildman–Crippen LogP) is 2.06. The van der Waals surface area contributed by atoms with E-state index in [-0.39, 0.29) is 5.97 Å². The molecular weight excluding hydrogens is 262 g/mol. The molecule has 0 atom stereocenters. The van der Waals surface area contributed by atoms with Crippen LogP contribution in [0.15, 0.2) is 6.20 Å².